The first-order chi connectivity index (χ1) is 8.24. The third-order valence-corrected chi connectivity index (χ3v) is 3.15. The number of nitrogens with zero attached hydrogens (tertiary/aromatic N) is 2. The molecule has 0 unspecified atom stereocenters. The molecule has 2 aromatic rings. The summed E-state index contributed by atoms with van der Waals surface area (Å²) in [6.07, 6.45) is 2.60. The zero-order chi connectivity index (χ0) is 11.8. The van der Waals surface area contributed by atoms with Crippen LogP contribution in [0.15, 0.2) is 18.2 Å². The smallest absolute Gasteiger partial charge is 0.224 e. The Bertz CT molecular complexity index is 569. The molecule has 0 atom stereocenters. The van der Waals surface area contributed by atoms with Gasteiger partial charge in [0.1, 0.15) is 13.7 Å². The van der Waals surface area contributed by atoms with Crippen molar-refractivity contribution in [3.05, 3.63) is 23.5 Å². The number of para-hydroxylation sites is 1. The van der Waals surface area contributed by atoms with E-state index in [1.54, 1.807) is 0 Å². The van der Waals surface area contributed by atoms with Crippen molar-refractivity contribution in [1.82, 2.24) is 9.97 Å². The SMILES string of the molecule is [B]c1cccc2c(NCC3CC3)nc(Cl)nc12. The molecule has 1 aliphatic carbocycles. The maximum Gasteiger partial charge on any atom is 0.224 e. The summed E-state index contributed by atoms with van der Waals surface area (Å²) in [6, 6.07) is 5.67. The van der Waals surface area contributed by atoms with Gasteiger partial charge in [-0.25, -0.2) is 9.97 Å². The second-order valence-electron chi connectivity index (χ2n) is 4.41. The van der Waals surface area contributed by atoms with Crippen molar-refractivity contribution in [1.29, 1.82) is 0 Å². The van der Waals surface area contributed by atoms with Gasteiger partial charge in [-0.3, -0.25) is 0 Å². The molecule has 0 bridgehead atoms. The second-order valence-corrected chi connectivity index (χ2v) is 4.75. The second kappa shape index (κ2) is 4.19. The molecule has 1 saturated carbocycles. The predicted molar refractivity (Wildman–Crippen MR) is 71.1 cm³/mol. The minimum atomic E-state index is 0.230. The van der Waals surface area contributed by atoms with Gasteiger partial charge in [0.2, 0.25) is 5.28 Å². The molecule has 1 aromatic heterocycles. The predicted octanol–water partition coefficient (Wildman–Crippen LogP) is 1.90. The molecule has 0 saturated heterocycles. The molecule has 2 radical (unpaired) electrons. The van der Waals surface area contributed by atoms with Crippen LogP contribution in [0.1, 0.15) is 12.8 Å². The molecular formula is C12H11BClN3. The van der Waals surface area contributed by atoms with E-state index in [1.165, 1.54) is 12.8 Å². The average molecular weight is 244 g/mol. The highest BCUT2D eigenvalue weighted by Gasteiger charge is 2.21. The van der Waals surface area contributed by atoms with Crippen LogP contribution in [0.5, 0.6) is 0 Å². The number of nitrogens with one attached hydrogen (secondary N) is 1. The maximum atomic E-state index is 5.91. The molecule has 0 amide bonds. The fourth-order valence-corrected chi connectivity index (χ4v) is 2.01. The van der Waals surface area contributed by atoms with Gasteiger partial charge in [0.25, 0.3) is 0 Å². The molecule has 1 N–H and O–H groups in total. The van der Waals surface area contributed by atoms with Gasteiger partial charge in [0.15, 0.2) is 0 Å². The third kappa shape index (κ3) is 2.22. The summed E-state index contributed by atoms with van der Waals surface area (Å²) in [5, 5.41) is 4.48. The average Bonchev–Trinajstić information content (AvgIpc) is 3.11. The van der Waals surface area contributed by atoms with Crippen LogP contribution in [0.3, 0.4) is 0 Å². The summed E-state index contributed by atoms with van der Waals surface area (Å²) in [7, 11) is 5.89. The molecule has 0 aliphatic heterocycles. The lowest BCUT2D eigenvalue weighted by molar-refractivity contribution is 0.884. The van der Waals surface area contributed by atoms with E-state index < -0.39 is 0 Å². The van der Waals surface area contributed by atoms with E-state index in [-0.39, 0.29) is 5.28 Å². The molecule has 3 rings (SSSR count). The van der Waals surface area contributed by atoms with Gasteiger partial charge in [0.05, 0.1) is 5.52 Å². The van der Waals surface area contributed by atoms with Crippen LogP contribution in [0.4, 0.5) is 5.82 Å². The zero-order valence-electron chi connectivity index (χ0n) is 9.28. The molecule has 1 aliphatic rings. The fraction of sp³-hybridized carbons (Fsp3) is 0.333. The summed E-state index contributed by atoms with van der Waals surface area (Å²) >= 11 is 5.91. The summed E-state index contributed by atoms with van der Waals surface area (Å²) in [5.74, 6) is 1.55. The molecule has 1 aromatic carbocycles. The molecule has 1 fully saturated rings. The quantitative estimate of drug-likeness (QED) is 0.661. The number of aromatic nitrogens is 2. The number of hydrogen-bond acceptors (Lipinski definition) is 3. The number of anilines is 1. The van der Waals surface area contributed by atoms with E-state index in [2.05, 4.69) is 15.3 Å². The third-order valence-electron chi connectivity index (χ3n) is 2.99. The Hall–Kier alpha value is -1.29. The zero-order valence-corrected chi connectivity index (χ0v) is 10.0. The minimum Gasteiger partial charge on any atom is -0.369 e. The lowest BCUT2D eigenvalue weighted by atomic mass is 9.93. The van der Waals surface area contributed by atoms with Crippen molar-refractivity contribution in [3.63, 3.8) is 0 Å². The van der Waals surface area contributed by atoms with Crippen molar-refractivity contribution < 1.29 is 0 Å². The van der Waals surface area contributed by atoms with Gasteiger partial charge in [-0.05, 0) is 36.4 Å². The summed E-state index contributed by atoms with van der Waals surface area (Å²) in [4.78, 5) is 8.40. The molecule has 0 spiro atoms. The number of halogens is 1. The van der Waals surface area contributed by atoms with Crippen LogP contribution in [0, 0.1) is 5.92 Å². The van der Waals surface area contributed by atoms with Gasteiger partial charge in [-0.1, -0.05) is 17.6 Å². The highest BCUT2D eigenvalue weighted by Crippen LogP contribution is 2.29. The Balaban J connectivity index is 2.05. The van der Waals surface area contributed by atoms with Crippen molar-refractivity contribution in [3.8, 4) is 0 Å². The van der Waals surface area contributed by atoms with Crippen LogP contribution in [0.25, 0.3) is 10.9 Å². The molecule has 5 heteroatoms. The molecule has 84 valence electrons. The lowest BCUT2D eigenvalue weighted by Gasteiger charge is -2.09. The summed E-state index contributed by atoms with van der Waals surface area (Å²) in [5.41, 5.74) is 1.34. The van der Waals surface area contributed by atoms with Crippen LogP contribution in [-0.2, 0) is 0 Å². The maximum absolute atomic E-state index is 5.91. The van der Waals surface area contributed by atoms with Crippen molar-refractivity contribution in [2.24, 2.45) is 5.92 Å². The van der Waals surface area contributed by atoms with Crippen LogP contribution >= 0.6 is 11.6 Å². The normalized spacial score (nSPS) is 15.1. The number of rotatable bonds is 3. The molecule has 3 nitrogen and oxygen atoms in total. The fourth-order valence-electron chi connectivity index (χ4n) is 1.84. The van der Waals surface area contributed by atoms with E-state index in [9.17, 15) is 0 Å². The first-order valence-electron chi connectivity index (χ1n) is 5.69. The first-order valence-corrected chi connectivity index (χ1v) is 6.07. The largest absolute Gasteiger partial charge is 0.369 e. The van der Waals surface area contributed by atoms with Gasteiger partial charge in [-0.2, -0.15) is 0 Å². The van der Waals surface area contributed by atoms with E-state index in [1.807, 2.05) is 18.2 Å². The topological polar surface area (TPSA) is 37.8 Å². The standard InChI is InChI=1S/C12H11BClN3/c13-9-3-1-2-8-10(9)16-12(14)17-11(8)15-6-7-4-5-7/h1-3,7H,4-6H2,(H,15,16,17). The van der Waals surface area contributed by atoms with Gasteiger partial charge in [0, 0.05) is 11.9 Å². The van der Waals surface area contributed by atoms with Crippen LogP contribution < -0.4 is 10.8 Å². The van der Waals surface area contributed by atoms with Crippen LogP contribution in [0.2, 0.25) is 5.28 Å². The Labute approximate surface area is 106 Å². The Morgan fingerprint density at radius 2 is 2.18 bits per heavy atom. The number of fused-ring (bicyclic) bond motifs is 1. The van der Waals surface area contributed by atoms with E-state index in [0.717, 1.165) is 23.7 Å². The van der Waals surface area contributed by atoms with Gasteiger partial charge in [-0.15, -0.1) is 0 Å². The number of benzene rings is 1. The van der Waals surface area contributed by atoms with E-state index in [0.29, 0.717) is 11.0 Å². The van der Waals surface area contributed by atoms with Gasteiger partial charge >= 0.3 is 0 Å². The highest BCUT2D eigenvalue weighted by molar-refractivity contribution is 6.39. The molecule has 17 heavy (non-hydrogen) atoms. The van der Waals surface area contributed by atoms with Crippen molar-refractivity contribution in [2.75, 3.05) is 11.9 Å². The van der Waals surface area contributed by atoms with Crippen molar-refractivity contribution >= 4 is 41.6 Å². The van der Waals surface area contributed by atoms with E-state index in [4.69, 9.17) is 19.4 Å². The highest BCUT2D eigenvalue weighted by atomic mass is 35.5. The Morgan fingerprint density at radius 1 is 1.35 bits per heavy atom. The minimum absolute atomic E-state index is 0.230. The van der Waals surface area contributed by atoms with E-state index >= 15 is 0 Å². The van der Waals surface area contributed by atoms with Crippen LogP contribution in [-0.4, -0.2) is 24.4 Å². The van der Waals surface area contributed by atoms with Crippen molar-refractivity contribution in [2.45, 2.75) is 12.8 Å². The first kappa shape index (κ1) is 10.8. The Kier molecular flexibility index (Phi) is 2.67. The monoisotopic (exact) mass is 243 g/mol. The lowest BCUT2D eigenvalue weighted by Crippen LogP contribution is -2.10. The summed E-state index contributed by atoms with van der Waals surface area (Å²) in [6.45, 7) is 0.942. The number of hydrogen-bond donors (Lipinski definition) is 1. The molecular weight excluding hydrogens is 232 g/mol. The van der Waals surface area contributed by atoms with Gasteiger partial charge < -0.3 is 5.32 Å². The summed E-state index contributed by atoms with van der Waals surface area (Å²) < 4.78 is 0. The Morgan fingerprint density at radius 3 is 2.94 bits per heavy atom. The molecule has 1 heterocycles.